The van der Waals surface area contributed by atoms with Crippen LogP contribution in [0.2, 0.25) is 5.02 Å². The zero-order chi connectivity index (χ0) is 13.3. The van der Waals surface area contributed by atoms with Crippen LogP contribution in [0.15, 0.2) is 22.6 Å². The molecule has 0 fully saturated rings. The molecule has 0 spiro atoms. The second kappa shape index (κ2) is 4.37. The van der Waals surface area contributed by atoms with Gasteiger partial charge in [0.2, 0.25) is 0 Å². The first-order valence-electron chi connectivity index (χ1n) is 4.59. The van der Waals surface area contributed by atoms with Crippen LogP contribution >= 0.6 is 11.6 Å². The van der Waals surface area contributed by atoms with E-state index in [1.807, 2.05) is 0 Å². The molecule has 0 aliphatic carbocycles. The molecule has 2 aromatic rings. The Labute approximate surface area is 104 Å². The van der Waals surface area contributed by atoms with E-state index >= 15 is 0 Å². The molecule has 5 nitrogen and oxygen atoms in total. The summed E-state index contributed by atoms with van der Waals surface area (Å²) in [5, 5.41) is 8.91. The summed E-state index contributed by atoms with van der Waals surface area (Å²) in [4.78, 5) is 0. The zero-order valence-electron chi connectivity index (χ0n) is 8.62. The molecule has 96 valence electrons. The second-order valence-electron chi connectivity index (χ2n) is 3.26. The maximum Gasteiger partial charge on any atom is 0.417 e. The molecular formula is C9H6ClF3N4O. The van der Waals surface area contributed by atoms with E-state index in [1.165, 1.54) is 6.07 Å². The van der Waals surface area contributed by atoms with Gasteiger partial charge in [-0.25, -0.2) is 0 Å². The molecule has 9 heteroatoms. The van der Waals surface area contributed by atoms with Gasteiger partial charge in [-0.1, -0.05) is 21.8 Å². The monoisotopic (exact) mass is 278 g/mol. The molecule has 0 aliphatic rings. The Hall–Kier alpha value is -1.96. The summed E-state index contributed by atoms with van der Waals surface area (Å²) < 4.78 is 42.5. The normalized spacial score (nSPS) is 11.6. The van der Waals surface area contributed by atoms with Crippen LogP contribution in [0.5, 0.6) is 0 Å². The largest absolute Gasteiger partial charge is 0.417 e. The van der Waals surface area contributed by atoms with E-state index in [0.29, 0.717) is 0 Å². The van der Waals surface area contributed by atoms with Crippen molar-refractivity contribution in [1.29, 1.82) is 0 Å². The average molecular weight is 279 g/mol. The van der Waals surface area contributed by atoms with Gasteiger partial charge < -0.3 is 15.5 Å². The molecule has 1 aromatic heterocycles. The van der Waals surface area contributed by atoms with E-state index in [4.69, 9.17) is 21.8 Å². The fraction of sp³-hybridized carbons (Fsp3) is 0.111. The van der Waals surface area contributed by atoms with Crippen LogP contribution in [0, 0.1) is 0 Å². The standard InChI is InChI=1S/C9H6ClF3N4O/c10-6-2-1-4(3-5(6)9(11,12)13)15-8-17-16-7(14)18-8/h1-3H,(H2,14,16)(H,15,17). The van der Waals surface area contributed by atoms with Crippen LogP contribution in [0.25, 0.3) is 0 Å². The first-order chi connectivity index (χ1) is 8.36. The summed E-state index contributed by atoms with van der Waals surface area (Å²) in [6.45, 7) is 0. The summed E-state index contributed by atoms with van der Waals surface area (Å²) in [5.41, 5.74) is 4.32. The Morgan fingerprint density at radius 3 is 2.56 bits per heavy atom. The highest BCUT2D eigenvalue weighted by molar-refractivity contribution is 6.31. The third kappa shape index (κ3) is 2.65. The predicted octanol–water partition coefficient (Wildman–Crippen LogP) is 3.07. The van der Waals surface area contributed by atoms with Crippen molar-refractivity contribution in [2.45, 2.75) is 6.18 Å². The number of nitrogens with two attached hydrogens (primary N) is 1. The van der Waals surface area contributed by atoms with Crippen molar-refractivity contribution in [2.24, 2.45) is 0 Å². The fourth-order valence-electron chi connectivity index (χ4n) is 1.23. The Morgan fingerprint density at radius 1 is 1.28 bits per heavy atom. The first-order valence-corrected chi connectivity index (χ1v) is 4.97. The second-order valence-corrected chi connectivity index (χ2v) is 3.67. The molecule has 0 radical (unpaired) electrons. The van der Waals surface area contributed by atoms with Gasteiger partial charge in [-0.15, -0.1) is 0 Å². The molecule has 2 rings (SSSR count). The number of alkyl halides is 3. The quantitative estimate of drug-likeness (QED) is 0.883. The number of nitrogen functional groups attached to an aromatic ring is 1. The number of nitrogens with one attached hydrogen (secondary N) is 1. The van der Waals surface area contributed by atoms with Gasteiger partial charge in [0.1, 0.15) is 0 Å². The molecule has 1 heterocycles. The summed E-state index contributed by atoms with van der Waals surface area (Å²) in [7, 11) is 0. The average Bonchev–Trinajstić information content (AvgIpc) is 2.65. The van der Waals surface area contributed by atoms with Crippen molar-refractivity contribution in [3.8, 4) is 0 Å². The summed E-state index contributed by atoms with van der Waals surface area (Å²) in [5.74, 6) is 0. The number of benzene rings is 1. The minimum atomic E-state index is -4.54. The van der Waals surface area contributed by atoms with E-state index in [-0.39, 0.29) is 17.7 Å². The lowest BCUT2D eigenvalue weighted by Crippen LogP contribution is -2.06. The maximum absolute atomic E-state index is 12.6. The minimum absolute atomic E-state index is 0.107. The van der Waals surface area contributed by atoms with Crippen LogP contribution in [-0.4, -0.2) is 10.2 Å². The molecular weight excluding hydrogens is 273 g/mol. The molecule has 0 amide bonds. The van der Waals surface area contributed by atoms with Crippen molar-refractivity contribution >= 4 is 29.3 Å². The van der Waals surface area contributed by atoms with Crippen molar-refractivity contribution in [2.75, 3.05) is 11.1 Å². The lowest BCUT2D eigenvalue weighted by atomic mass is 10.2. The summed E-state index contributed by atoms with van der Waals surface area (Å²) >= 11 is 5.47. The highest BCUT2D eigenvalue weighted by atomic mass is 35.5. The molecule has 1 aromatic carbocycles. The van der Waals surface area contributed by atoms with Crippen LogP contribution in [0.3, 0.4) is 0 Å². The predicted molar refractivity (Wildman–Crippen MR) is 58.4 cm³/mol. The van der Waals surface area contributed by atoms with Crippen molar-refractivity contribution < 1.29 is 17.6 Å². The Kier molecular flexibility index (Phi) is 3.04. The first kappa shape index (κ1) is 12.5. The van der Waals surface area contributed by atoms with E-state index in [2.05, 4.69) is 15.5 Å². The number of aromatic nitrogens is 2. The van der Waals surface area contributed by atoms with Crippen LogP contribution in [-0.2, 0) is 6.18 Å². The molecule has 18 heavy (non-hydrogen) atoms. The van der Waals surface area contributed by atoms with Crippen molar-refractivity contribution in [3.05, 3.63) is 28.8 Å². The van der Waals surface area contributed by atoms with Gasteiger partial charge in [-0.2, -0.15) is 13.2 Å². The van der Waals surface area contributed by atoms with E-state index < -0.39 is 16.8 Å². The fourth-order valence-corrected chi connectivity index (χ4v) is 1.45. The van der Waals surface area contributed by atoms with Gasteiger partial charge in [0, 0.05) is 5.69 Å². The third-order valence-electron chi connectivity index (χ3n) is 1.96. The number of anilines is 3. The van der Waals surface area contributed by atoms with E-state index in [0.717, 1.165) is 12.1 Å². The van der Waals surface area contributed by atoms with Crippen molar-refractivity contribution in [1.82, 2.24) is 10.2 Å². The highest BCUT2D eigenvalue weighted by Gasteiger charge is 2.33. The number of hydrogen-bond donors (Lipinski definition) is 2. The summed E-state index contributed by atoms with van der Waals surface area (Å²) in [6.07, 6.45) is -4.54. The van der Waals surface area contributed by atoms with Gasteiger partial charge in [-0.05, 0) is 18.2 Å². The van der Waals surface area contributed by atoms with Gasteiger partial charge in [-0.3, -0.25) is 0 Å². The number of hydrogen-bond acceptors (Lipinski definition) is 5. The molecule has 0 unspecified atom stereocenters. The molecule has 0 atom stereocenters. The van der Waals surface area contributed by atoms with E-state index in [1.54, 1.807) is 0 Å². The molecule has 0 saturated carbocycles. The Balaban J connectivity index is 2.30. The number of rotatable bonds is 2. The molecule has 0 saturated heterocycles. The molecule has 3 N–H and O–H groups in total. The van der Waals surface area contributed by atoms with Gasteiger partial charge in [0.05, 0.1) is 10.6 Å². The number of halogens is 4. The van der Waals surface area contributed by atoms with Gasteiger partial charge in [0.15, 0.2) is 0 Å². The SMILES string of the molecule is Nc1nnc(Nc2ccc(Cl)c(C(F)(F)F)c2)o1. The van der Waals surface area contributed by atoms with E-state index in [9.17, 15) is 13.2 Å². The van der Waals surface area contributed by atoms with Crippen LogP contribution in [0.1, 0.15) is 5.56 Å². The minimum Gasteiger partial charge on any atom is -0.389 e. The molecule has 0 bridgehead atoms. The lowest BCUT2D eigenvalue weighted by Gasteiger charge is -2.10. The van der Waals surface area contributed by atoms with Gasteiger partial charge in [0.25, 0.3) is 0 Å². The van der Waals surface area contributed by atoms with Gasteiger partial charge >= 0.3 is 18.2 Å². The Morgan fingerprint density at radius 2 is 2.00 bits per heavy atom. The number of nitrogens with zero attached hydrogens (tertiary/aromatic N) is 2. The molecule has 0 aliphatic heterocycles. The van der Waals surface area contributed by atoms with Crippen LogP contribution < -0.4 is 11.1 Å². The van der Waals surface area contributed by atoms with Crippen LogP contribution in [0.4, 0.5) is 30.9 Å². The third-order valence-corrected chi connectivity index (χ3v) is 2.29. The highest BCUT2D eigenvalue weighted by Crippen LogP contribution is 2.36. The lowest BCUT2D eigenvalue weighted by molar-refractivity contribution is -0.137. The van der Waals surface area contributed by atoms with Crippen molar-refractivity contribution in [3.63, 3.8) is 0 Å². The Bertz CT molecular complexity index is 569. The topological polar surface area (TPSA) is 77.0 Å². The smallest absolute Gasteiger partial charge is 0.389 e. The summed E-state index contributed by atoms with van der Waals surface area (Å²) in [6, 6.07) is 3.00. The zero-order valence-corrected chi connectivity index (χ0v) is 9.38. The maximum atomic E-state index is 12.6.